The molecule has 0 radical (unpaired) electrons. The zero-order valence-electron chi connectivity index (χ0n) is 13.3. The van der Waals surface area contributed by atoms with Gasteiger partial charge in [0.1, 0.15) is 5.82 Å². The van der Waals surface area contributed by atoms with E-state index in [-0.39, 0.29) is 23.8 Å². The fraction of sp³-hybridized carbons (Fsp3) is 0.412. The van der Waals surface area contributed by atoms with Crippen molar-refractivity contribution in [3.63, 3.8) is 0 Å². The third-order valence-corrected chi connectivity index (χ3v) is 4.68. The Labute approximate surface area is 139 Å². The molecule has 2 aromatic heterocycles. The average Bonchev–Trinajstić information content (AvgIpc) is 2.62. The predicted molar refractivity (Wildman–Crippen MR) is 90.2 cm³/mol. The van der Waals surface area contributed by atoms with Crippen LogP contribution in [-0.2, 0) is 4.79 Å². The van der Waals surface area contributed by atoms with E-state index in [9.17, 15) is 9.59 Å². The second kappa shape index (κ2) is 6.07. The topological polar surface area (TPSA) is 91.0 Å². The van der Waals surface area contributed by atoms with Crippen LogP contribution in [0.3, 0.4) is 0 Å². The number of amides is 1. The molecule has 0 unspecified atom stereocenters. The van der Waals surface area contributed by atoms with Crippen LogP contribution in [0, 0.1) is 0 Å². The average molecular weight is 325 g/mol. The van der Waals surface area contributed by atoms with E-state index in [1.165, 1.54) is 6.42 Å². The number of rotatable bonds is 2. The van der Waals surface area contributed by atoms with Crippen molar-refractivity contribution >= 4 is 17.7 Å². The van der Waals surface area contributed by atoms with Crippen LogP contribution in [0.15, 0.2) is 29.3 Å². The molecular weight excluding hydrogens is 306 g/mol. The summed E-state index contributed by atoms with van der Waals surface area (Å²) in [4.78, 5) is 38.5. The Bertz CT molecular complexity index is 811. The largest absolute Gasteiger partial charge is 0.342 e. The zero-order valence-corrected chi connectivity index (χ0v) is 13.3. The number of fused-ring (bicyclic) bond motifs is 1. The lowest BCUT2D eigenvalue weighted by atomic mass is 9.88. The summed E-state index contributed by atoms with van der Waals surface area (Å²) in [6.45, 7) is 1.75. The van der Waals surface area contributed by atoms with Crippen LogP contribution in [0.25, 0.3) is 0 Å². The molecule has 0 saturated carbocycles. The quantitative estimate of drug-likeness (QED) is 0.876. The number of hydrogen-bond acceptors (Lipinski definition) is 5. The molecule has 1 atom stereocenters. The van der Waals surface area contributed by atoms with Crippen LogP contribution in [0.5, 0.6) is 0 Å². The van der Waals surface area contributed by atoms with Crippen molar-refractivity contribution in [2.75, 3.05) is 23.3 Å². The van der Waals surface area contributed by atoms with Gasteiger partial charge in [-0.3, -0.25) is 19.6 Å². The van der Waals surface area contributed by atoms with Gasteiger partial charge in [-0.15, -0.1) is 0 Å². The highest BCUT2D eigenvalue weighted by Gasteiger charge is 2.31. The molecule has 1 fully saturated rings. The third-order valence-electron chi connectivity index (χ3n) is 4.68. The van der Waals surface area contributed by atoms with Crippen molar-refractivity contribution in [2.24, 2.45) is 0 Å². The summed E-state index contributed by atoms with van der Waals surface area (Å²) in [5.74, 6) is 0.489. The van der Waals surface area contributed by atoms with Crippen molar-refractivity contribution in [1.82, 2.24) is 15.0 Å². The van der Waals surface area contributed by atoms with Gasteiger partial charge in [0.05, 0.1) is 5.56 Å². The van der Waals surface area contributed by atoms with Gasteiger partial charge >= 0.3 is 0 Å². The summed E-state index contributed by atoms with van der Waals surface area (Å²) in [6.07, 6.45) is 6.98. The SMILES string of the molecule is O=C1C[C@@H](c2cccnc2)c2c(nc(N3CCCCC3)[nH]c2=O)N1. The van der Waals surface area contributed by atoms with E-state index < -0.39 is 0 Å². The van der Waals surface area contributed by atoms with Crippen molar-refractivity contribution in [3.8, 4) is 0 Å². The number of aromatic amines is 1. The number of pyridine rings is 1. The summed E-state index contributed by atoms with van der Waals surface area (Å²) < 4.78 is 0. The molecule has 7 nitrogen and oxygen atoms in total. The Morgan fingerprint density at radius 2 is 2.00 bits per heavy atom. The Kier molecular flexibility index (Phi) is 3.76. The fourth-order valence-electron chi connectivity index (χ4n) is 3.48. The Morgan fingerprint density at radius 3 is 2.75 bits per heavy atom. The van der Waals surface area contributed by atoms with Gasteiger partial charge in [0.2, 0.25) is 11.9 Å². The first-order valence-corrected chi connectivity index (χ1v) is 8.31. The second-order valence-corrected chi connectivity index (χ2v) is 6.29. The highest BCUT2D eigenvalue weighted by Crippen LogP contribution is 2.34. The molecule has 0 aromatic carbocycles. The van der Waals surface area contributed by atoms with Crippen LogP contribution < -0.4 is 15.8 Å². The minimum atomic E-state index is -0.311. The monoisotopic (exact) mass is 325 g/mol. The maximum absolute atomic E-state index is 12.7. The molecule has 7 heteroatoms. The summed E-state index contributed by atoms with van der Waals surface area (Å²) in [5.41, 5.74) is 1.18. The number of nitrogens with zero attached hydrogens (tertiary/aromatic N) is 3. The van der Waals surface area contributed by atoms with Crippen LogP contribution in [0.2, 0.25) is 0 Å². The smallest absolute Gasteiger partial charge is 0.258 e. The van der Waals surface area contributed by atoms with Gasteiger partial charge in [0.25, 0.3) is 5.56 Å². The first-order valence-electron chi connectivity index (χ1n) is 8.31. The van der Waals surface area contributed by atoms with E-state index >= 15 is 0 Å². The lowest BCUT2D eigenvalue weighted by Crippen LogP contribution is -2.36. The molecule has 2 aromatic rings. The maximum Gasteiger partial charge on any atom is 0.258 e. The van der Waals surface area contributed by atoms with Gasteiger partial charge < -0.3 is 10.2 Å². The number of carbonyl (C=O) groups is 1. The van der Waals surface area contributed by atoms with E-state index in [0.29, 0.717) is 17.3 Å². The number of carbonyl (C=O) groups excluding carboxylic acids is 1. The Hall–Kier alpha value is -2.70. The number of nitrogens with one attached hydrogen (secondary N) is 2. The highest BCUT2D eigenvalue weighted by molar-refractivity contribution is 5.94. The van der Waals surface area contributed by atoms with E-state index in [4.69, 9.17) is 0 Å². The van der Waals surface area contributed by atoms with Crippen molar-refractivity contribution < 1.29 is 4.79 Å². The first-order chi connectivity index (χ1) is 11.7. The van der Waals surface area contributed by atoms with Crippen LogP contribution >= 0.6 is 0 Å². The highest BCUT2D eigenvalue weighted by atomic mass is 16.2. The van der Waals surface area contributed by atoms with Crippen LogP contribution in [0.4, 0.5) is 11.8 Å². The van der Waals surface area contributed by atoms with Gasteiger partial charge in [0.15, 0.2) is 0 Å². The van der Waals surface area contributed by atoms with E-state index in [0.717, 1.165) is 31.5 Å². The number of H-pyrrole nitrogens is 1. The molecular formula is C17H19N5O2. The van der Waals surface area contributed by atoms with Gasteiger partial charge in [0, 0.05) is 37.8 Å². The van der Waals surface area contributed by atoms with E-state index in [1.54, 1.807) is 12.4 Å². The molecule has 2 aliphatic rings. The molecule has 2 aliphatic heterocycles. The van der Waals surface area contributed by atoms with E-state index in [1.807, 2.05) is 12.1 Å². The van der Waals surface area contributed by atoms with Gasteiger partial charge in [-0.1, -0.05) is 6.07 Å². The van der Waals surface area contributed by atoms with Crippen LogP contribution in [-0.4, -0.2) is 33.9 Å². The lowest BCUT2D eigenvalue weighted by molar-refractivity contribution is -0.116. The number of piperidine rings is 1. The summed E-state index contributed by atoms with van der Waals surface area (Å²) in [5, 5.41) is 2.76. The number of aromatic nitrogens is 3. The van der Waals surface area contributed by atoms with E-state index in [2.05, 4.69) is 25.2 Å². The van der Waals surface area contributed by atoms with Crippen molar-refractivity contribution in [2.45, 2.75) is 31.6 Å². The Balaban J connectivity index is 1.78. The zero-order chi connectivity index (χ0) is 16.5. The third kappa shape index (κ3) is 2.66. The Morgan fingerprint density at radius 1 is 1.17 bits per heavy atom. The molecule has 2 N–H and O–H groups in total. The minimum Gasteiger partial charge on any atom is -0.342 e. The summed E-state index contributed by atoms with van der Waals surface area (Å²) in [7, 11) is 0. The molecule has 0 bridgehead atoms. The number of anilines is 2. The molecule has 124 valence electrons. The summed E-state index contributed by atoms with van der Waals surface area (Å²) >= 11 is 0. The molecule has 24 heavy (non-hydrogen) atoms. The standard InChI is InChI=1S/C17H19N5O2/c23-13-9-12(11-5-4-6-18-10-11)14-15(19-13)20-17(21-16(14)24)22-7-2-1-3-8-22/h4-6,10,12H,1-3,7-9H2,(H2,19,20,21,23,24)/t12-/m0/s1. The second-order valence-electron chi connectivity index (χ2n) is 6.29. The van der Waals surface area contributed by atoms with Crippen molar-refractivity contribution in [3.05, 3.63) is 46.0 Å². The maximum atomic E-state index is 12.7. The predicted octanol–water partition coefficient (Wildman–Crippen LogP) is 1.63. The molecule has 1 saturated heterocycles. The summed E-state index contributed by atoms with van der Waals surface area (Å²) in [6, 6.07) is 3.70. The lowest BCUT2D eigenvalue weighted by Gasteiger charge is -2.29. The van der Waals surface area contributed by atoms with Crippen LogP contribution in [0.1, 0.15) is 42.7 Å². The normalized spacial score (nSPS) is 20.4. The minimum absolute atomic E-state index is 0.126. The first kappa shape index (κ1) is 14.9. The molecule has 1 amide bonds. The molecule has 0 aliphatic carbocycles. The molecule has 4 heterocycles. The molecule has 0 spiro atoms. The van der Waals surface area contributed by atoms with Gasteiger partial charge in [-0.25, -0.2) is 0 Å². The van der Waals surface area contributed by atoms with Crippen molar-refractivity contribution in [1.29, 1.82) is 0 Å². The van der Waals surface area contributed by atoms with Gasteiger partial charge in [-0.2, -0.15) is 4.98 Å². The number of hydrogen-bond donors (Lipinski definition) is 2. The van der Waals surface area contributed by atoms with Gasteiger partial charge in [-0.05, 0) is 30.9 Å². The molecule has 4 rings (SSSR count). The fourth-order valence-corrected chi connectivity index (χ4v) is 3.48.